The van der Waals surface area contributed by atoms with Gasteiger partial charge >= 0.3 is 5.97 Å². The van der Waals surface area contributed by atoms with E-state index in [4.69, 9.17) is 20.8 Å². The molecule has 20 heavy (non-hydrogen) atoms. The summed E-state index contributed by atoms with van der Waals surface area (Å²) in [5.74, 6) is -0.524. The molecule has 0 aliphatic heterocycles. The molecule has 0 aliphatic carbocycles. The van der Waals surface area contributed by atoms with Crippen LogP contribution in [-0.4, -0.2) is 17.1 Å². The summed E-state index contributed by atoms with van der Waals surface area (Å²) in [4.78, 5) is 16.1. The second kappa shape index (κ2) is 6.09. The van der Waals surface area contributed by atoms with E-state index < -0.39 is 5.92 Å². The van der Waals surface area contributed by atoms with Gasteiger partial charge in [-0.25, -0.2) is 4.98 Å². The summed E-state index contributed by atoms with van der Waals surface area (Å²) < 4.78 is 10.5. The number of carbonyl (C=O) groups is 1. The average Bonchev–Trinajstić information content (AvgIpc) is 2.87. The Hall–Kier alpha value is -1.81. The number of carbonyl (C=O) groups excluding carboxylic acids is 1. The van der Waals surface area contributed by atoms with Crippen molar-refractivity contribution in [3.8, 4) is 11.3 Å². The molecular formula is C15H16ClNO3. The maximum Gasteiger partial charge on any atom is 0.318 e. The molecule has 4 nitrogen and oxygen atoms in total. The molecule has 1 atom stereocenters. The molecule has 1 aromatic carbocycles. The van der Waals surface area contributed by atoms with Crippen LogP contribution in [0.5, 0.6) is 0 Å². The Labute approximate surface area is 122 Å². The highest BCUT2D eigenvalue weighted by Crippen LogP contribution is 2.24. The zero-order chi connectivity index (χ0) is 14.7. The number of hydrogen-bond donors (Lipinski definition) is 0. The lowest BCUT2D eigenvalue weighted by Crippen LogP contribution is -2.17. The number of esters is 1. The fourth-order valence-electron chi connectivity index (χ4n) is 1.67. The molecular weight excluding hydrogens is 278 g/mol. The number of benzene rings is 1. The smallest absolute Gasteiger partial charge is 0.318 e. The summed E-state index contributed by atoms with van der Waals surface area (Å²) in [7, 11) is 0. The first kappa shape index (κ1) is 14.6. The lowest BCUT2D eigenvalue weighted by molar-refractivity contribution is -0.149. The first-order valence-electron chi connectivity index (χ1n) is 6.39. The Balaban J connectivity index is 2.16. The van der Waals surface area contributed by atoms with Gasteiger partial charge in [-0.2, -0.15) is 0 Å². The van der Waals surface area contributed by atoms with Crippen molar-refractivity contribution in [1.29, 1.82) is 0 Å². The van der Waals surface area contributed by atoms with Crippen LogP contribution in [0.2, 0.25) is 5.02 Å². The summed E-state index contributed by atoms with van der Waals surface area (Å²) in [6, 6.07) is 7.26. The van der Waals surface area contributed by atoms with Crippen LogP contribution in [0.1, 0.15) is 32.6 Å². The molecule has 0 aliphatic rings. The Morgan fingerprint density at radius 1 is 1.25 bits per heavy atom. The van der Waals surface area contributed by atoms with Gasteiger partial charge in [0, 0.05) is 10.6 Å². The molecule has 0 bridgehead atoms. The maximum atomic E-state index is 11.8. The number of hydrogen-bond acceptors (Lipinski definition) is 4. The standard InChI is InChI=1S/C15H16ClNO3/c1-9(2)20-15(18)10(3)14-17-13(8-19-14)11-4-6-12(16)7-5-11/h4-10H,1-3H3. The minimum Gasteiger partial charge on any atom is -0.462 e. The second-order valence-corrected chi connectivity index (χ2v) is 5.22. The SMILES string of the molecule is CC(C)OC(=O)C(C)c1nc(-c2ccc(Cl)cc2)co1. The van der Waals surface area contributed by atoms with Crippen LogP contribution in [0.4, 0.5) is 0 Å². The van der Waals surface area contributed by atoms with Crippen LogP contribution in [0.25, 0.3) is 11.3 Å². The number of nitrogens with zero attached hydrogens (tertiary/aromatic N) is 1. The number of aromatic nitrogens is 1. The predicted octanol–water partition coefficient (Wildman–Crippen LogP) is 4.05. The van der Waals surface area contributed by atoms with Crippen molar-refractivity contribution in [3.05, 3.63) is 41.4 Å². The number of rotatable bonds is 4. The average molecular weight is 294 g/mol. The van der Waals surface area contributed by atoms with Crippen LogP contribution >= 0.6 is 11.6 Å². The molecule has 0 spiro atoms. The van der Waals surface area contributed by atoms with E-state index >= 15 is 0 Å². The zero-order valence-electron chi connectivity index (χ0n) is 11.6. The van der Waals surface area contributed by atoms with E-state index in [1.165, 1.54) is 6.26 Å². The molecule has 0 fully saturated rings. The van der Waals surface area contributed by atoms with Gasteiger partial charge in [0.2, 0.25) is 5.89 Å². The van der Waals surface area contributed by atoms with Crippen molar-refractivity contribution < 1.29 is 13.9 Å². The van der Waals surface area contributed by atoms with Crippen molar-refractivity contribution in [2.24, 2.45) is 0 Å². The topological polar surface area (TPSA) is 52.3 Å². The highest BCUT2D eigenvalue weighted by Gasteiger charge is 2.23. The lowest BCUT2D eigenvalue weighted by Gasteiger charge is -2.10. The van der Waals surface area contributed by atoms with E-state index in [0.29, 0.717) is 16.6 Å². The van der Waals surface area contributed by atoms with Crippen LogP contribution in [-0.2, 0) is 9.53 Å². The third-order valence-corrected chi connectivity index (χ3v) is 2.99. The first-order chi connectivity index (χ1) is 9.47. The molecule has 2 rings (SSSR count). The third kappa shape index (κ3) is 3.39. The quantitative estimate of drug-likeness (QED) is 0.798. The van der Waals surface area contributed by atoms with Gasteiger partial charge in [-0.1, -0.05) is 23.7 Å². The van der Waals surface area contributed by atoms with Gasteiger partial charge in [-0.05, 0) is 32.9 Å². The van der Waals surface area contributed by atoms with Gasteiger partial charge < -0.3 is 9.15 Å². The van der Waals surface area contributed by atoms with Crippen molar-refractivity contribution in [2.45, 2.75) is 32.8 Å². The van der Waals surface area contributed by atoms with Crippen LogP contribution in [0, 0.1) is 0 Å². The fourth-order valence-corrected chi connectivity index (χ4v) is 1.80. The third-order valence-electron chi connectivity index (χ3n) is 2.74. The van der Waals surface area contributed by atoms with Crippen molar-refractivity contribution in [2.75, 3.05) is 0 Å². The van der Waals surface area contributed by atoms with E-state index in [0.717, 1.165) is 5.56 Å². The molecule has 2 aromatic rings. The Morgan fingerprint density at radius 2 is 1.90 bits per heavy atom. The minimum absolute atomic E-state index is 0.157. The molecule has 1 aromatic heterocycles. The molecule has 0 amide bonds. The Bertz CT molecular complexity index is 589. The largest absolute Gasteiger partial charge is 0.462 e. The maximum absolute atomic E-state index is 11.8. The van der Waals surface area contributed by atoms with Crippen LogP contribution in [0.15, 0.2) is 34.9 Å². The summed E-state index contributed by atoms with van der Waals surface area (Å²) >= 11 is 5.84. The monoisotopic (exact) mass is 293 g/mol. The molecule has 106 valence electrons. The molecule has 0 radical (unpaired) electrons. The number of ether oxygens (including phenoxy) is 1. The first-order valence-corrected chi connectivity index (χ1v) is 6.77. The number of oxazole rings is 1. The fraction of sp³-hybridized carbons (Fsp3) is 0.333. The van der Waals surface area contributed by atoms with E-state index in [2.05, 4.69) is 4.98 Å². The van der Waals surface area contributed by atoms with Gasteiger partial charge in [0.1, 0.15) is 17.9 Å². The van der Waals surface area contributed by atoms with Gasteiger partial charge in [-0.3, -0.25) is 4.79 Å². The lowest BCUT2D eigenvalue weighted by atomic mass is 10.1. The Morgan fingerprint density at radius 3 is 2.50 bits per heavy atom. The molecule has 0 saturated carbocycles. The van der Waals surface area contributed by atoms with Crippen molar-refractivity contribution in [1.82, 2.24) is 4.98 Å². The van der Waals surface area contributed by atoms with E-state index in [1.807, 2.05) is 12.1 Å². The molecule has 0 N–H and O–H groups in total. The summed E-state index contributed by atoms with van der Waals surface area (Å²) in [6.45, 7) is 5.32. The molecule has 1 heterocycles. The van der Waals surface area contributed by atoms with Gasteiger partial charge in [0.05, 0.1) is 6.10 Å². The highest BCUT2D eigenvalue weighted by molar-refractivity contribution is 6.30. The summed E-state index contributed by atoms with van der Waals surface area (Å²) in [6.07, 6.45) is 1.37. The van der Waals surface area contributed by atoms with Gasteiger partial charge in [0.25, 0.3) is 0 Å². The van der Waals surface area contributed by atoms with E-state index in [-0.39, 0.29) is 12.1 Å². The van der Waals surface area contributed by atoms with Crippen LogP contribution in [0.3, 0.4) is 0 Å². The zero-order valence-corrected chi connectivity index (χ0v) is 12.3. The Kier molecular flexibility index (Phi) is 4.45. The minimum atomic E-state index is -0.529. The number of halogens is 1. The van der Waals surface area contributed by atoms with Crippen molar-refractivity contribution in [3.63, 3.8) is 0 Å². The van der Waals surface area contributed by atoms with Crippen LogP contribution < -0.4 is 0 Å². The van der Waals surface area contributed by atoms with Crippen molar-refractivity contribution >= 4 is 17.6 Å². The summed E-state index contributed by atoms with van der Waals surface area (Å²) in [5.41, 5.74) is 1.55. The van der Waals surface area contributed by atoms with Gasteiger partial charge in [0.15, 0.2) is 0 Å². The van der Waals surface area contributed by atoms with E-state index in [1.54, 1.807) is 32.9 Å². The highest BCUT2D eigenvalue weighted by atomic mass is 35.5. The molecule has 1 unspecified atom stereocenters. The van der Waals surface area contributed by atoms with Gasteiger partial charge in [-0.15, -0.1) is 0 Å². The molecule has 5 heteroatoms. The normalized spacial score (nSPS) is 12.4. The van der Waals surface area contributed by atoms with E-state index in [9.17, 15) is 4.79 Å². The molecule has 0 saturated heterocycles. The predicted molar refractivity (Wildman–Crippen MR) is 76.6 cm³/mol. The summed E-state index contributed by atoms with van der Waals surface area (Å²) in [5, 5.41) is 0.659. The second-order valence-electron chi connectivity index (χ2n) is 4.79.